The van der Waals surface area contributed by atoms with Gasteiger partial charge in [0.15, 0.2) is 0 Å². The molecule has 7 heteroatoms. The summed E-state index contributed by atoms with van der Waals surface area (Å²) in [6, 6.07) is 7.60. The highest BCUT2D eigenvalue weighted by Crippen LogP contribution is 2.17. The van der Waals surface area contributed by atoms with Crippen molar-refractivity contribution in [2.45, 2.75) is 12.6 Å². The molecule has 5 nitrogen and oxygen atoms in total. The van der Waals surface area contributed by atoms with E-state index in [9.17, 15) is 5.11 Å². The van der Waals surface area contributed by atoms with Crippen molar-refractivity contribution in [3.05, 3.63) is 28.7 Å². The van der Waals surface area contributed by atoms with Gasteiger partial charge >= 0.3 is 0 Å². The molecule has 0 spiro atoms. The van der Waals surface area contributed by atoms with E-state index >= 15 is 0 Å². The Hall–Kier alpha value is -0.980. The Labute approximate surface area is 112 Å². The van der Waals surface area contributed by atoms with E-state index in [1.807, 2.05) is 24.3 Å². The third-order valence-electron chi connectivity index (χ3n) is 2.11. The molecule has 1 heterocycles. The van der Waals surface area contributed by atoms with E-state index in [4.69, 9.17) is 11.6 Å². The Balaban J connectivity index is 2.15. The van der Waals surface area contributed by atoms with Gasteiger partial charge in [0.05, 0.1) is 18.5 Å². The maximum Gasteiger partial charge on any atom is 0.204 e. The van der Waals surface area contributed by atoms with Crippen molar-refractivity contribution in [1.29, 1.82) is 0 Å². The highest BCUT2D eigenvalue weighted by atomic mass is 79.9. The Morgan fingerprint density at radius 3 is 2.71 bits per heavy atom. The Kier molecular flexibility index (Phi) is 4.09. The molecule has 0 aliphatic rings. The number of rotatable bonds is 4. The molecule has 0 fully saturated rings. The van der Waals surface area contributed by atoms with E-state index in [2.05, 4.69) is 31.3 Å². The fourth-order valence-corrected chi connectivity index (χ4v) is 1.63. The van der Waals surface area contributed by atoms with Gasteiger partial charge in [-0.1, -0.05) is 15.9 Å². The highest BCUT2D eigenvalue weighted by molar-refractivity contribution is 9.10. The van der Waals surface area contributed by atoms with E-state index in [-0.39, 0.29) is 12.4 Å². The van der Waals surface area contributed by atoms with Crippen molar-refractivity contribution in [1.82, 2.24) is 20.2 Å². The molecule has 0 amide bonds. The van der Waals surface area contributed by atoms with Crippen LogP contribution < -0.4 is 0 Å². The molecule has 0 aliphatic carbocycles. The lowest BCUT2D eigenvalue weighted by atomic mass is 10.2. The summed E-state index contributed by atoms with van der Waals surface area (Å²) < 4.78 is 0.992. The minimum atomic E-state index is -0.663. The van der Waals surface area contributed by atoms with Crippen LogP contribution in [0.5, 0.6) is 0 Å². The first kappa shape index (κ1) is 12.5. The number of aliphatic hydroxyl groups is 1. The van der Waals surface area contributed by atoms with Crippen LogP contribution in [0.2, 0.25) is 0 Å². The molecule has 17 heavy (non-hydrogen) atoms. The van der Waals surface area contributed by atoms with Gasteiger partial charge in [-0.3, -0.25) is 0 Å². The minimum Gasteiger partial charge on any atom is -0.390 e. The van der Waals surface area contributed by atoms with Gasteiger partial charge in [0.1, 0.15) is 0 Å². The zero-order valence-corrected chi connectivity index (χ0v) is 11.1. The summed E-state index contributed by atoms with van der Waals surface area (Å²) in [6.07, 6.45) is -0.663. The van der Waals surface area contributed by atoms with E-state index in [0.717, 1.165) is 10.0 Å². The van der Waals surface area contributed by atoms with Crippen LogP contribution in [0.25, 0.3) is 11.4 Å². The molecule has 1 N–H and O–H groups in total. The molecule has 1 aromatic heterocycles. The summed E-state index contributed by atoms with van der Waals surface area (Å²) in [7, 11) is 0. The summed E-state index contributed by atoms with van der Waals surface area (Å²) in [5.74, 6) is 0.675. The van der Waals surface area contributed by atoms with Crippen molar-refractivity contribution < 1.29 is 5.11 Å². The molecule has 2 rings (SSSR count). The van der Waals surface area contributed by atoms with Crippen molar-refractivity contribution in [3.63, 3.8) is 0 Å². The molecule has 0 saturated heterocycles. The lowest BCUT2D eigenvalue weighted by Gasteiger charge is -2.03. The topological polar surface area (TPSA) is 63.8 Å². The number of aliphatic hydroxyl groups excluding tert-OH is 1. The van der Waals surface area contributed by atoms with Crippen molar-refractivity contribution in [2.75, 3.05) is 5.88 Å². The number of hydrogen-bond donors (Lipinski definition) is 1. The second-order valence-electron chi connectivity index (χ2n) is 3.48. The molecule has 0 saturated carbocycles. The van der Waals surface area contributed by atoms with Crippen LogP contribution in [0.4, 0.5) is 0 Å². The third kappa shape index (κ3) is 3.24. The number of benzene rings is 1. The van der Waals surface area contributed by atoms with Gasteiger partial charge in [0.2, 0.25) is 5.82 Å². The Morgan fingerprint density at radius 1 is 1.35 bits per heavy atom. The first-order chi connectivity index (χ1) is 8.19. The first-order valence-corrected chi connectivity index (χ1v) is 6.29. The molecule has 1 unspecified atom stereocenters. The van der Waals surface area contributed by atoms with E-state index in [0.29, 0.717) is 5.82 Å². The predicted molar refractivity (Wildman–Crippen MR) is 67.7 cm³/mol. The lowest BCUT2D eigenvalue weighted by Crippen LogP contribution is -2.19. The molecule has 1 atom stereocenters. The number of hydrogen-bond acceptors (Lipinski definition) is 4. The highest BCUT2D eigenvalue weighted by Gasteiger charge is 2.09. The van der Waals surface area contributed by atoms with Gasteiger partial charge in [-0.25, -0.2) is 0 Å². The molecule has 0 aliphatic heterocycles. The molecule has 1 aromatic carbocycles. The van der Waals surface area contributed by atoms with E-state index in [1.165, 1.54) is 4.80 Å². The van der Waals surface area contributed by atoms with Crippen molar-refractivity contribution in [2.24, 2.45) is 0 Å². The standard InChI is InChI=1S/C10H10BrClN4O/c11-8-3-1-7(2-4-8)10-13-15-16(14-10)6-9(17)5-12/h1-4,9,17H,5-6H2. The maximum absolute atomic E-state index is 9.36. The fourth-order valence-electron chi connectivity index (χ4n) is 1.27. The van der Waals surface area contributed by atoms with Crippen molar-refractivity contribution in [3.8, 4) is 11.4 Å². The largest absolute Gasteiger partial charge is 0.390 e. The minimum absolute atomic E-state index is 0.148. The smallest absolute Gasteiger partial charge is 0.204 e. The van der Waals surface area contributed by atoms with Crippen molar-refractivity contribution >= 4 is 27.5 Å². The molecular formula is C10H10BrClN4O. The maximum atomic E-state index is 9.36. The quantitative estimate of drug-likeness (QED) is 0.872. The zero-order valence-electron chi connectivity index (χ0n) is 8.79. The fraction of sp³-hybridized carbons (Fsp3) is 0.300. The summed E-state index contributed by atoms with van der Waals surface area (Å²) in [5, 5.41) is 21.3. The van der Waals surface area contributed by atoms with Crippen LogP contribution in [0.15, 0.2) is 28.7 Å². The number of tetrazole rings is 1. The predicted octanol–water partition coefficient (Wildman–Crippen LogP) is 1.70. The van der Waals surface area contributed by atoms with Gasteiger partial charge in [-0.05, 0) is 29.5 Å². The SMILES string of the molecule is OC(CCl)Cn1nnc(-c2ccc(Br)cc2)n1. The average molecular weight is 318 g/mol. The lowest BCUT2D eigenvalue weighted by molar-refractivity contribution is 0.164. The van der Waals surface area contributed by atoms with E-state index < -0.39 is 6.10 Å². The van der Waals surface area contributed by atoms with Gasteiger partial charge in [-0.2, -0.15) is 4.80 Å². The number of halogens is 2. The molecule has 0 bridgehead atoms. The second-order valence-corrected chi connectivity index (χ2v) is 4.71. The molecule has 90 valence electrons. The van der Waals surface area contributed by atoms with Gasteiger partial charge in [0, 0.05) is 10.0 Å². The van der Waals surface area contributed by atoms with Crippen LogP contribution in [0, 0.1) is 0 Å². The van der Waals surface area contributed by atoms with Crippen LogP contribution in [-0.2, 0) is 6.54 Å². The normalized spacial score (nSPS) is 12.6. The number of nitrogens with zero attached hydrogens (tertiary/aromatic N) is 4. The monoisotopic (exact) mass is 316 g/mol. The number of aromatic nitrogens is 4. The van der Waals surface area contributed by atoms with Crippen LogP contribution >= 0.6 is 27.5 Å². The summed E-state index contributed by atoms with van der Waals surface area (Å²) in [6.45, 7) is 0.243. The molecular weight excluding hydrogens is 307 g/mol. The van der Waals surface area contributed by atoms with Gasteiger partial charge in [0.25, 0.3) is 0 Å². The van der Waals surface area contributed by atoms with Crippen LogP contribution in [0.1, 0.15) is 0 Å². The Bertz CT molecular complexity index is 487. The van der Waals surface area contributed by atoms with Gasteiger partial charge in [-0.15, -0.1) is 21.8 Å². The van der Waals surface area contributed by atoms with E-state index in [1.54, 1.807) is 0 Å². The first-order valence-electron chi connectivity index (χ1n) is 4.97. The summed E-state index contributed by atoms with van der Waals surface area (Å²) >= 11 is 8.85. The third-order valence-corrected chi connectivity index (χ3v) is 2.99. The molecule has 0 radical (unpaired) electrons. The average Bonchev–Trinajstić information content (AvgIpc) is 2.78. The van der Waals surface area contributed by atoms with Gasteiger partial charge < -0.3 is 5.11 Å². The second kappa shape index (κ2) is 5.57. The summed E-state index contributed by atoms with van der Waals surface area (Å²) in [4.78, 5) is 1.34. The molecule has 2 aromatic rings. The summed E-state index contributed by atoms with van der Waals surface area (Å²) in [5.41, 5.74) is 0.875. The van der Waals surface area contributed by atoms with Crippen LogP contribution in [0.3, 0.4) is 0 Å². The Morgan fingerprint density at radius 2 is 2.06 bits per heavy atom. The van der Waals surface area contributed by atoms with Crippen LogP contribution in [-0.4, -0.2) is 37.3 Å². The zero-order chi connectivity index (χ0) is 12.3. The number of alkyl halides is 1.